The molecule has 0 saturated heterocycles. The van der Waals surface area contributed by atoms with Crippen LogP contribution in [0.25, 0.3) is 56.3 Å². The molecule has 8 aromatic rings. The fraction of sp³-hybridized carbons (Fsp3) is 0.0227. The summed E-state index contributed by atoms with van der Waals surface area (Å²) in [6, 6.07) is 51.3. The van der Waals surface area contributed by atoms with E-state index in [9.17, 15) is 5.26 Å². The van der Waals surface area contributed by atoms with Gasteiger partial charge in [0.1, 0.15) is 17.9 Å². The molecule has 1 aliphatic carbocycles. The first-order valence-corrected chi connectivity index (χ1v) is 16.3. The van der Waals surface area contributed by atoms with Gasteiger partial charge >= 0.3 is 0 Å². The lowest BCUT2D eigenvalue weighted by molar-refractivity contribution is 0.614. The monoisotopic (exact) mass is 641 g/mol. The number of hydrogen-bond acceptors (Lipinski definition) is 6. The molecule has 234 valence electrons. The van der Waals surface area contributed by atoms with Crippen molar-refractivity contribution in [3.8, 4) is 51.4 Å². The number of nitrogens with one attached hydrogen (secondary N) is 1. The van der Waals surface area contributed by atoms with Gasteiger partial charge < -0.3 is 9.83 Å². The van der Waals surface area contributed by atoms with E-state index in [-0.39, 0.29) is 0 Å². The summed E-state index contributed by atoms with van der Waals surface area (Å²) in [5, 5.41) is 19.3. The molecule has 2 aromatic heterocycles. The number of furan rings is 1. The standard InChI is InChI=1S/C44H27N5O/c45-25-31-15-10-18-35-38(31)40-36(23-24-37-39(40)32(26-46)27-50-37)44(35,33-16-8-3-9-17-33)34-21-19-30(20-22-34)43-48-41(28-11-4-1-5-12-28)47-42(49-43)29-13-6-2-7-14-29/h1-25,27,45H. The van der Waals surface area contributed by atoms with Crippen molar-refractivity contribution in [1.29, 1.82) is 10.7 Å². The Labute approximate surface area is 288 Å². The highest BCUT2D eigenvalue weighted by Gasteiger charge is 2.48. The molecular weight excluding hydrogens is 615 g/mol. The van der Waals surface area contributed by atoms with E-state index in [2.05, 4.69) is 66.7 Å². The highest BCUT2D eigenvalue weighted by molar-refractivity contribution is 6.09. The van der Waals surface area contributed by atoms with Crippen molar-refractivity contribution in [2.24, 2.45) is 0 Å². The van der Waals surface area contributed by atoms with Crippen molar-refractivity contribution >= 4 is 17.2 Å². The molecule has 1 aliphatic rings. The zero-order valence-electron chi connectivity index (χ0n) is 26.7. The van der Waals surface area contributed by atoms with Crippen LogP contribution in [0.15, 0.2) is 156 Å². The van der Waals surface area contributed by atoms with Crippen molar-refractivity contribution in [2.45, 2.75) is 5.41 Å². The Morgan fingerprint density at radius 1 is 0.560 bits per heavy atom. The third kappa shape index (κ3) is 4.34. The molecule has 50 heavy (non-hydrogen) atoms. The maximum Gasteiger partial charge on any atom is 0.164 e. The summed E-state index contributed by atoms with van der Waals surface area (Å²) in [6.07, 6.45) is 2.92. The van der Waals surface area contributed by atoms with Crippen LogP contribution in [-0.4, -0.2) is 21.2 Å². The Hall–Kier alpha value is -6.97. The van der Waals surface area contributed by atoms with Gasteiger partial charge in [-0.05, 0) is 39.4 Å². The fourth-order valence-corrected chi connectivity index (χ4v) is 7.50. The molecule has 0 aliphatic heterocycles. The summed E-state index contributed by atoms with van der Waals surface area (Å²) in [5.74, 6) is 1.79. The van der Waals surface area contributed by atoms with Crippen LogP contribution in [-0.2, 0) is 5.41 Å². The van der Waals surface area contributed by atoms with Gasteiger partial charge in [-0.3, -0.25) is 0 Å². The average molecular weight is 642 g/mol. The molecule has 1 atom stereocenters. The second-order valence-corrected chi connectivity index (χ2v) is 12.3. The molecule has 9 rings (SSSR count). The Kier molecular flexibility index (Phi) is 6.78. The maximum atomic E-state index is 10.1. The minimum atomic E-state index is -0.745. The summed E-state index contributed by atoms with van der Waals surface area (Å²) >= 11 is 0. The molecule has 0 spiro atoms. The van der Waals surface area contributed by atoms with E-state index in [0.29, 0.717) is 28.6 Å². The molecule has 0 amide bonds. The number of nitrogens with zero attached hydrogens (tertiary/aromatic N) is 4. The van der Waals surface area contributed by atoms with E-state index in [0.717, 1.165) is 61.0 Å². The number of rotatable bonds is 6. The van der Waals surface area contributed by atoms with Crippen LogP contribution in [0.5, 0.6) is 0 Å². The van der Waals surface area contributed by atoms with E-state index in [1.807, 2.05) is 84.9 Å². The lowest BCUT2D eigenvalue weighted by atomic mass is 9.67. The van der Waals surface area contributed by atoms with Crippen molar-refractivity contribution in [1.82, 2.24) is 15.0 Å². The summed E-state index contributed by atoms with van der Waals surface area (Å²) in [7, 11) is 0. The van der Waals surface area contributed by atoms with Gasteiger partial charge in [0.2, 0.25) is 0 Å². The highest BCUT2D eigenvalue weighted by Crippen LogP contribution is 2.59. The zero-order chi connectivity index (χ0) is 33.7. The Morgan fingerprint density at radius 2 is 1.10 bits per heavy atom. The first kappa shape index (κ1) is 29.2. The van der Waals surface area contributed by atoms with Crippen molar-refractivity contribution in [3.05, 3.63) is 185 Å². The van der Waals surface area contributed by atoms with Gasteiger partial charge in [0.25, 0.3) is 0 Å². The first-order chi connectivity index (χ1) is 24.7. The number of nitriles is 1. The number of benzene rings is 6. The van der Waals surface area contributed by atoms with Gasteiger partial charge in [0, 0.05) is 33.9 Å². The lowest BCUT2D eigenvalue weighted by Gasteiger charge is -2.34. The fourth-order valence-electron chi connectivity index (χ4n) is 7.50. The molecule has 6 nitrogen and oxygen atoms in total. The maximum absolute atomic E-state index is 10.1. The molecule has 1 unspecified atom stereocenters. The molecule has 6 heteroatoms. The topological polar surface area (TPSA) is 99.5 Å². The van der Waals surface area contributed by atoms with E-state index < -0.39 is 5.41 Å². The van der Waals surface area contributed by atoms with Crippen LogP contribution in [0.4, 0.5) is 0 Å². The first-order valence-electron chi connectivity index (χ1n) is 16.3. The summed E-state index contributed by atoms with van der Waals surface area (Å²) in [6.45, 7) is 0. The molecule has 6 aromatic carbocycles. The zero-order valence-corrected chi connectivity index (χ0v) is 26.7. The van der Waals surface area contributed by atoms with Gasteiger partial charge in [0.05, 0.1) is 11.0 Å². The van der Waals surface area contributed by atoms with E-state index in [1.54, 1.807) is 0 Å². The molecule has 0 bridgehead atoms. The van der Waals surface area contributed by atoms with E-state index in [4.69, 9.17) is 24.8 Å². The predicted octanol–water partition coefficient (Wildman–Crippen LogP) is 9.85. The minimum Gasteiger partial charge on any atom is -0.463 e. The van der Waals surface area contributed by atoms with Crippen LogP contribution in [0, 0.1) is 16.7 Å². The number of aromatic nitrogens is 3. The van der Waals surface area contributed by atoms with Gasteiger partial charge in [0.15, 0.2) is 17.5 Å². The van der Waals surface area contributed by atoms with Gasteiger partial charge in [-0.15, -0.1) is 0 Å². The lowest BCUT2D eigenvalue weighted by Crippen LogP contribution is -2.28. The largest absolute Gasteiger partial charge is 0.463 e. The molecule has 1 N–H and O–H groups in total. The van der Waals surface area contributed by atoms with E-state index >= 15 is 0 Å². The van der Waals surface area contributed by atoms with Crippen molar-refractivity contribution in [3.63, 3.8) is 0 Å². The highest BCUT2D eigenvalue weighted by atomic mass is 16.3. The van der Waals surface area contributed by atoms with Gasteiger partial charge in [-0.2, -0.15) is 5.26 Å². The van der Waals surface area contributed by atoms with Crippen LogP contribution in [0.1, 0.15) is 33.4 Å². The molecule has 0 saturated carbocycles. The summed E-state index contributed by atoms with van der Waals surface area (Å²) < 4.78 is 5.88. The van der Waals surface area contributed by atoms with Crippen molar-refractivity contribution < 1.29 is 4.42 Å². The molecule has 2 heterocycles. The normalized spacial score (nSPS) is 14.5. The van der Waals surface area contributed by atoms with Crippen LogP contribution >= 0.6 is 0 Å². The Morgan fingerprint density at radius 3 is 1.68 bits per heavy atom. The Balaban J connectivity index is 1.29. The second-order valence-electron chi connectivity index (χ2n) is 12.3. The van der Waals surface area contributed by atoms with Crippen molar-refractivity contribution in [2.75, 3.05) is 0 Å². The predicted molar refractivity (Wildman–Crippen MR) is 196 cm³/mol. The number of hydrogen-bond donors (Lipinski definition) is 1. The number of fused-ring (bicyclic) bond motifs is 5. The second kappa shape index (κ2) is 11.6. The average Bonchev–Trinajstić information content (AvgIpc) is 3.76. The van der Waals surface area contributed by atoms with Crippen LogP contribution in [0.3, 0.4) is 0 Å². The summed E-state index contributed by atoms with van der Waals surface area (Å²) in [4.78, 5) is 14.8. The smallest absolute Gasteiger partial charge is 0.164 e. The van der Waals surface area contributed by atoms with E-state index in [1.165, 1.54) is 12.5 Å². The van der Waals surface area contributed by atoms with Crippen LogP contribution < -0.4 is 0 Å². The van der Waals surface area contributed by atoms with Crippen LogP contribution in [0.2, 0.25) is 0 Å². The summed E-state index contributed by atoms with van der Waals surface area (Å²) in [5.41, 5.74) is 9.89. The SMILES string of the molecule is N#Cc1coc2ccc3c(c12)-c1c(C=N)cccc1C3(c1ccccc1)c1ccc(-c2nc(-c3ccccc3)nc(-c3ccccc3)n2)cc1. The molecule has 0 radical (unpaired) electrons. The minimum absolute atomic E-state index is 0.472. The Bertz CT molecular complexity index is 2550. The quantitative estimate of drug-likeness (QED) is 0.182. The third-order valence-corrected chi connectivity index (χ3v) is 9.65. The third-order valence-electron chi connectivity index (χ3n) is 9.65. The van der Waals surface area contributed by atoms with Gasteiger partial charge in [-0.25, -0.2) is 15.0 Å². The molecule has 0 fully saturated rings. The molecular formula is C44H27N5O. The van der Waals surface area contributed by atoms with Gasteiger partial charge in [-0.1, -0.05) is 140 Å².